The molecule has 1 amide bonds. The molecular weight excluding hydrogens is 290 g/mol. The summed E-state index contributed by atoms with van der Waals surface area (Å²) in [6.45, 7) is 6.46. The summed E-state index contributed by atoms with van der Waals surface area (Å²) >= 11 is 0. The van der Waals surface area contributed by atoms with Crippen molar-refractivity contribution < 1.29 is 14.3 Å². The van der Waals surface area contributed by atoms with Gasteiger partial charge in [0.15, 0.2) is 0 Å². The first kappa shape index (κ1) is 15.4. The molecule has 1 atom stereocenters. The second-order valence-electron chi connectivity index (χ2n) is 6.00. The number of carbonyl (C=O) groups is 1. The molecule has 0 bridgehead atoms. The first-order chi connectivity index (χ1) is 11.0. The van der Waals surface area contributed by atoms with Gasteiger partial charge in [0.25, 0.3) is 5.91 Å². The van der Waals surface area contributed by atoms with Crippen LogP contribution in [0.4, 0.5) is 5.69 Å². The Balaban J connectivity index is 1.85. The van der Waals surface area contributed by atoms with Crippen molar-refractivity contribution in [3.8, 4) is 11.5 Å². The highest BCUT2D eigenvalue weighted by Crippen LogP contribution is 2.34. The second-order valence-corrected chi connectivity index (χ2v) is 6.00. The minimum atomic E-state index is -0.0302. The molecule has 2 aromatic rings. The van der Waals surface area contributed by atoms with E-state index in [-0.39, 0.29) is 18.1 Å². The predicted octanol–water partition coefficient (Wildman–Crippen LogP) is 3.90. The van der Waals surface area contributed by atoms with Crippen molar-refractivity contribution in [3.63, 3.8) is 0 Å². The van der Waals surface area contributed by atoms with Crippen LogP contribution in [-0.4, -0.2) is 24.7 Å². The van der Waals surface area contributed by atoms with Gasteiger partial charge in [0.1, 0.15) is 17.6 Å². The number of nitrogens with zero attached hydrogens (tertiary/aromatic N) is 1. The van der Waals surface area contributed by atoms with E-state index in [1.807, 2.05) is 69.3 Å². The fourth-order valence-corrected chi connectivity index (χ4v) is 2.69. The molecule has 0 saturated heterocycles. The molecule has 4 heteroatoms. The third kappa shape index (κ3) is 3.31. The van der Waals surface area contributed by atoms with Crippen LogP contribution in [0, 0.1) is 0 Å². The summed E-state index contributed by atoms with van der Waals surface area (Å²) in [7, 11) is 0. The smallest absolute Gasteiger partial charge is 0.258 e. The monoisotopic (exact) mass is 311 g/mol. The van der Waals surface area contributed by atoms with Gasteiger partial charge in [0.2, 0.25) is 0 Å². The maximum absolute atomic E-state index is 12.9. The Morgan fingerprint density at radius 1 is 1.17 bits per heavy atom. The fraction of sp³-hybridized carbons (Fsp3) is 0.316. The van der Waals surface area contributed by atoms with E-state index in [9.17, 15) is 4.79 Å². The van der Waals surface area contributed by atoms with Crippen molar-refractivity contribution in [2.75, 3.05) is 11.4 Å². The summed E-state index contributed by atoms with van der Waals surface area (Å²) in [5, 5.41) is 0. The number of benzene rings is 2. The summed E-state index contributed by atoms with van der Waals surface area (Å²) < 4.78 is 11.4. The number of hydrogen-bond acceptors (Lipinski definition) is 3. The topological polar surface area (TPSA) is 38.8 Å². The summed E-state index contributed by atoms with van der Waals surface area (Å²) in [5.74, 6) is 1.50. The zero-order chi connectivity index (χ0) is 16.4. The molecule has 1 aliphatic heterocycles. The lowest BCUT2D eigenvalue weighted by atomic mass is 10.1. The van der Waals surface area contributed by atoms with Gasteiger partial charge in [-0.1, -0.05) is 12.1 Å². The minimum Gasteiger partial charge on any atom is -0.491 e. The van der Waals surface area contributed by atoms with Crippen LogP contribution in [0.5, 0.6) is 11.5 Å². The highest BCUT2D eigenvalue weighted by Gasteiger charge is 2.27. The third-order valence-electron chi connectivity index (χ3n) is 3.64. The third-order valence-corrected chi connectivity index (χ3v) is 3.64. The molecule has 120 valence electrons. The van der Waals surface area contributed by atoms with Crippen LogP contribution >= 0.6 is 0 Å². The Kier molecular flexibility index (Phi) is 4.24. The van der Waals surface area contributed by atoms with Crippen LogP contribution in [0.25, 0.3) is 0 Å². The van der Waals surface area contributed by atoms with E-state index in [1.54, 1.807) is 4.90 Å². The average Bonchev–Trinajstić information content (AvgIpc) is 2.53. The van der Waals surface area contributed by atoms with E-state index in [2.05, 4.69) is 0 Å². The zero-order valence-electron chi connectivity index (χ0n) is 13.7. The van der Waals surface area contributed by atoms with E-state index in [1.165, 1.54) is 0 Å². The molecule has 1 aliphatic rings. The molecule has 1 heterocycles. The number of rotatable bonds is 3. The number of fused-ring (bicyclic) bond motifs is 1. The van der Waals surface area contributed by atoms with Crippen molar-refractivity contribution in [1.82, 2.24) is 0 Å². The summed E-state index contributed by atoms with van der Waals surface area (Å²) in [6, 6.07) is 14.9. The molecule has 0 aliphatic carbocycles. The summed E-state index contributed by atoms with van der Waals surface area (Å²) in [6.07, 6.45) is 0.0842. The normalized spacial score (nSPS) is 16.7. The number of hydrogen-bond donors (Lipinski definition) is 0. The molecule has 0 saturated carbocycles. The van der Waals surface area contributed by atoms with Gasteiger partial charge in [-0.25, -0.2) is 0 Å². The molecule has 0 aromatic heterocycles. The average molecular weight is 311 g/mol. The lowest BCUT2D eigenvalue weighted by Gasteiger charge is -2.33. The van der Waals surface area contributed by atoms with Crippen LogP contribution in [-0.2, 0) is 0 Å². The summed E-state index contributed by atoms with van der Waals surface area (Å²) in [4.78, 5) is 14.7. The Labute approximate surface area is 136 Å². The lowest BCUT2D eigenvalue weighted by Crippen LogP contribution is -2.42. The number of para-hydroxylation sites is 2. The molecule has 0 fully saturated rings. The van der Waals surface area contributed by atoms with E-state index in [0.29, 0.717) is 12.1 Å². The fourth-order valence-electron chi connectivity index (χ4n) is 2.69. The first-order valence-corrected chi connectivity index (χ1v) is 7.89. The Morgan fingerprint density at radius 2 is 1.87 bits per heavy atom. The highest BCUT2D eigenvalue weighted by atomic mass is 16.5. The van der Waals surface area contributed by atoms with Crippen molar-refractivity contribution in [1.29, 1.82) is 0 Å². The second kappa shape index (κ2) is 6.32. The van der Waals surface area contributed by atoms with Gasteiger partial charge < -0.3 is 14.4 Å². The molecule has 4 nitrogen and oxygen atoms in total. The number of anilines is 1. The predicted molar refractivity (Wildman–Crippen MR) is 90.4 cm³/mol. The zero-order valence-corrected chi connectivity index (χ0v) is 13.7. The highest BCUT2D eigenvalue weighted by molar-refractivity contribution is 6.07. The SMILES string of the molecule is CC(C)Oc1ccc(C(=O)N2C[C@@H](C)Oc3ccccc32)cc1. The van der Waals surface area contributed by atoms with E-state index < -0.39 is 0 Å². The van der Waals surface area contributed by atoms with Crippen LogP contribution < -0.4 is 14.4 Å². The van der Waals surface area contributed by atoms with E-state index in [4.69, 9.17) is 9.47 Å². The maximum Gasteiger partial charge on any atom is 0.258 e. The van der Waals surface area contributed by atoms with Gasteiger partial charge >= 0.3 is 0 Å². The van der Waals surface area contributed by atoms with Gasteiger partial charge in [0, 0.05) is 5.56 Å². The van der Waals surface area contributed by atoms with Gasteiger partial charge in [-0.15, -0.1) is 0 Å². The van der Waals surface area contributed by atoms with Crippen molar-refractivity contribution >= 4 is 11.6 Å². The Morgan fingerprint density at radius 3 is 2.57 bits per heavy atom. The van der Waals surface area contributed by atoms with Crippen molar-refractivity contribution in [2.45, 2.75) is 33.0 Å². The molecular formula is C19H21NO3. The quantitative estimate of drug-likeness (QED) is 0.863. The van der Waals surface area contributed by atoms with Crippen LogP contribution in [0.1, 0.15) is 31.1 Å². The van der Waals surface area contributed by atoms with Gasteiger partial charge in [-0.3, -0.25) is 4.79 Å². The number of carbonyl (C=O) groups excluding carboxylic acids is 1. The lowest BCUT2D eigenvalue weighted by molar-refractivity contribution is 0.0961. The molecule has 23 heavy (non-hydrogen) atoms. The first-order valence-electron chi connectivity index (χ1n) is 7.89. The standard InChI is InChI=1S/C19H21NO3/c1-13(2)22-16-10-8-15(9-11-16)19(21)20-12-14(3)23-18-7-5-4-6-17(18)20/h4-11,13-14H,12H2,1-3H3/t14-/m1/s1. The molecule has 0 N–H and O–H groups in total. The Bertz CT molecular complexity index is 694. The Hall–Kier alpha value is -2.49. The molecule has 2 aromatic carbocycles. The van der Waals surface area contributed by atoms with E-state index in [0.717, 1.165) is 17.2 Å². The number of ether oxygens (including phenoxy) is 2. The van der Waals surface area contributed by atoms with Crippen LogP contribution in [0.3, 0.4) is 0 Å². The largest absolute Gasteiger partial charge is 0.491 e. The summed E-state index contributed by atoms with van der Waals surface area (Å²) in [5.41, 5.74) is 1.46. The molecule has 0 spiro atoms. The van der Waals surface area contributed by atoms with Gasteiger partial charge in [-0.2, -0.15) is 0 Å². The maximum atomic E-state index is 12.9. The molecule has 0 radical (unpaired) electrons. The van der Waals surface area contributed by atoms with E-state index >= 15 is 0 Å². The van der Waals surface area contributed by atoms with Gasteiger partial charge in [-0.05, 0) is 57.2 Å². The van der Waals surface area contributed by atoms with Crippen LogP contribution in [0.2, 0.25) is 0 Å². The number of amides is 1. The minimum absolute atomic E-state index is 0.0244. The molecule has 0 unspecified atom stereocenters. The van der Waals surface area contributed by atoms with Gasteiger partial charge in [0.05, 0.1) is 18.3 Å². The van der Waals surface area contributed by atoms with Crippen molar-refractivity contribution in [2.24, 2.45) is 0 Å². The van der Waals surface area contributed by atoms with Crippen LogP contribution in [0.15, 0.2) is 48.5 Å². The molecule has 3 rings (SSSR count). The van der Waals surface area contributed by atoms with Crippen molar-refractivity contribution in [3.05, 3.63) is 54.1 Å².